The zero-order chi connectivity index (χ0) is 97.3. The molecule has 3 heterocycles. The van der Waals surface area contributed by atoms with E-state index in [1.54, 1.807) is 0 Å². The maximum absolute atomic E-state index is 3.71. The fourth-order valence-electron chi connectivity index (χ4n) is 21.2. The number of hydrogen-bond donors (Lipinski definition) is 3. The number of benzene rings is 22. The van der Waals surface area contributed by atoms with E-state index in [2.05, 4.69) is 564 Å². The van der Waals surface area contributed by atoms with Gasteiger partial charge in [0.25, 0.3) is 0 Å². The molecule has 0 spiro atoms. The molecule has 10 heteroatoms. The van der Waals surface area contributed by atoms with Crippen LogP contribution in [0.15, 0.2) is 479 Å². The molecule has 0 radical (unpaired) electrons. The summed E-state index contributed by atoms with van der Waals surface area (Å²) in [6.07, 6.45) is 0. The van der Waals surface area contributed by atoms with Crippen molar-refractivity contribution < 1.29 is 0 Å². The van der Waals surface area contributed by atoms with Crippen LogP contribution < -0.4 is 35.8 Å². The van der Waals surface area contributed by atoms with E-state index < -0.39 is 8.07 Å². The highest BCUT2D eigenvalue weighted by Gasteiger charge is 2.36. The van der Waals surface area contributed by atoms with Crippen LogP contribution in [0.25, 0.3) is 137 Å². The molecule has 0 fully saturated rings. The first-order valence-corrected chi connectivity index (χ1v) is 55.6. The molecule has 22 aromatic carbocycles. The van der Waals surface area contributed by atoms with Crippen molar-refractivity contribution in [3.63, 3.8) is 0 Å². The van der Waals surface area contributed by atoms with Gasteiger partial charge in [0.2, 0.25) is 0 Å². The van der Waals surface area contributed by atoms with Gasteiger partial charge in [-0.3, -0.25) is 0 Å². The van der Waals surface area contributed by atoms with Crippen molar-refractivity contribution in [2.45, 2.75) is 65.1 Å². The highest BCUT2D eigenvalue weighted by molar-refractivity contribution is 7.27. The zero-order valence-corrected chi connectivity index (χ0v) is 85.1. The third-order valence-electron chi connectivity index (χ3n) is 28.5. The molecular formula is C134H106N6S3Si. The predicted molar refractivity (Wildman–Crippen MR) is 631 cm³/mol. The summed E-state index contributed by atoms with van der Waals surface area (Å²) in [5.41, 5.74) is 28.7. The van der Waals surface area contributed by atoms with Crippen LogP contribution in [-0.4, -0.2) is 8.07 Å². The van der Waals surface area contributed by atoms with E-state index in [1.807, 2.05) is 34.0 Å². The van der Waals surface area contributed by atoms with Crippen molar-refractivity contribution in [3.05, 3.63) is 496 Å². The third kappa shape index (κ3) is 17.4. The van der Waals surface area contributed by atoms with E-state index in [9.17, 15) is 0 Å². The zero-order valence-electron chi connectivity index (χ0n) is 81.7. The maximum atomic E-state index is 3.71. The Morgan fingerprint density at radius 2 is 0.681 bits per heavy atom. The lowest BCUT2D eigenvalue weighted by molar-refractivity contribution is 0.590. The van der Waals surface area contributed by atoms with Crippen LogP contribution in [0.3, 0.4) is 0 Å². The maximum Gasteiger partial charge on any atom is 0.0775 e. The van der Waals surface area contributed by atoms with Gasteiger partial charge in [0, 0.05) is 146 Å². The lowest BCUT2D eigenvalue weighted by Crippen LogP contribution is -2.37. The van der Waals surface area contributed by atoms with Gasteiger partial charge in [0.1, 0.15) is 0 Å². The predicted octanol–water partition coefficient (Wildman–Crippen LogP) is 39.9. The number of nitrogens with one attached hydrogen (secondary N) is 3. The molecule has 0 aliphatic heterocycles. The van der Waals surface area contributed by atoms with Crippen LogP contribution in [0.4, 0.5) is 85.3 Å². The summed E-state index contributed by atoms with van der Waals surface area (Å²) in [6.45, 7) is 18.8. The molecule has 1 aliphatic rings. The van der Waals surface area contributed by atoms with Gasteiger partial charge in [-0.05, 0) is 270 Å². The summed E-state index contributed by atoms with van der Waals surface area (Å²) in [4.78, 5) is 7.26. The summed E-state index contributed by atoms with van der Waals surface area (Å²) < 4.78 is 7.69. The van der Waals surface area contributed by atoms with E-state index in [4.69, 9.17) is 0 Å². The molecule has 0 atom stereocenters. The Labute approximate surface area is 854 Å². The minimum absolute atomic E-state index is 0.0382. The monoisotopic (exact) mass is 1920 g/mol. The molecule has 0 saturated heterocycles. The molecule has 0 amide bonds. The Bertz CT molecular complexity index is 9180. The smallest absolute Gasteiger partial charge is 0.0775 e. The number of fused-ring (bicyclic) bond motifs is 17. The van der Waals surface area contributed by atoms with E-state index >= 15 is 0 Å². The number of hydrogen-bond acceptors (Lipinski definition) is 9. The normalized spacial score (nSPS) is 12.2. The average molecular weight is 1920 g/mol. The second kappa shape index (κ2) is 37.5. The van der Waals surface area contributed by atoms with Crippen molar-refractivity contribution in [1.82, 2.24) is 0 Å². The summed E-state index contributed by atoms with van der Waals surface area (Å²) in [7, 11) is -1.38. The summed E-state index contributed by atoms with van der Waals surface area (Å²) >= 11 is 5.58. The average Bonchev–Trinajstić information content (AvgIpc) is 1.50. The Hall–Kier alpha value is -16.4. The molecule has 0 unspecified atom stereocenters. The van der Waals surface area contributed by atoms with Crippen LogP contribution >= 0.6 is 34.0 Å². The van der Waals surface area contributed by atoms with E-state index in [-0.39, 0.29) is 10.8 Å². The van der Waals surface area contributed by atoms with Gasteiger partial charge >= 0.3 is 0 Å². The van der Waals surface area contributed by atoms with Gasteiger partial charge in [-0.15, -0.1) is 34.0 Å². The van der Waals surface area contributed by atoms with Crippen molar-refractivity contribution in [1.29, 1.82) is 0 Å². The van der Waals surface area contributed by atoms with Crippen LogP contribution in [0.2, 0.25) is 19.6 Å². The van der Waals surface area contributed by atoms with Gasteiger partial charge in [0.15, 0.2) is 0 Å². The molecule has 3 N–H and O–H groups in total. The van der Waals surface area contributed by atoms with Crippen LogP contribution in [-0.2, 0) is 10.8 Å². The third-order valence-corrected chi connectivity index (χ3v) is 34.1. The Morgan fingerprint density at radius 1 is 0.236 bits per heavy atom. The largest absolute Gasteiger partial charge is 0.356 e. The van der Waals surface area contributed by atoms with Crippen LogP contribution in [0.5, 0.6) is 0 Å². The number of nitrogens with zero attached hydrogens (tertiary/aromatic N) is 3. The van der Waals surface area contributed by atoms with Crippen molar-refractivity contribution in [2.24, 2.45) is 0 Å². The van der Waals surface area contributed by atoms with E-state index in [1.165, 1.54) is 193 Å². The van der Waals surface area contributed by atoms with Crippen molar-refractivity contribution in [2.75, 3.05) is 30.7 Å². The summed E-state index contributed by atoms with van der Waals surface area (Å²) in [6, 6.07) is 174. The van der Waals surface area contributed by atoms with Gasteiger partial charge in [-0.25, -0.2) is 0 Å². The Balaban J connectivity index is 0.000000117. The molecule has 25 aromatic rings. The fraction of sp³-hybridized carbons (Fsp3) is 0.0746. The first-order chi connectivity index (χ1) is 70.3. The molecule has 0 saturated carbocycles. The quantitative estimate of drug-likeness (QED) is 0.0588. The summed E-state index contributed by atoms with van der Waals surface area (Å²) in [5, 5.41) is 30.1. The highest BCUT2D eigenvalue weighted by atomic mass is 32.1. The number of rotatable bonds is 18. The lowest BCUT2D eigenvalue weighted by atomic mass is 9.82. The van der Waals surface area contributed by atoms with Gasteiger partial charge in [-0.1, -0.05) is 357 Å². The van der Waals surface area contributed by atoms with Crippen molar-refractivity contribution in [3.8, 4) is 33.4 Å². The molecule has 144 heavy (non-hydrogen) atoms. The number of thiophene rings is 3. The molecule has 6 nitrogen and oxygen atoms in total. The Kier molecular flexibility index (Phi) is 23.5. The first-order valence-electron chi connectivity index (χ1n) is 49.6. The van der Waals surface area contributed by atoms with E-state index in [0.717, 1.165) is 51.2 Å². The fourth-order valence-corrected chi connectivity index (χ4v) is 25.8. The lowest BCUT2D eigenvalue weighted by Gasteiger charge is -2.29. The van der Waals surface area contributed by atoms with Crippen molar-refractivity contribution >= 4 is 236 Å². The molecule has 3 aromatic heterocycles. The Morgan fingerprint density at radius 3 is 1.35 bits per heavy atom. The second-order valence-electron chi connectivity index (χ2n) is 40.2. The molecule has 26 rings (SSSR count). The SMILES string of the molecule is CC(C)(C)c1cccc(N(c2ccc3c(c2)C(C)(C)c2ccccc2-3)c2ccc3c(c2)sc2ccc(Nc4cccc5ccccc45)cc23)c1.C[Si](C)(C)c1ccc(N(c2ccccc2)c2ccc3c(c2)sc2ccc(Nc4cccc(-c5ccccc5)c4)cc23)cc1.c1ccc(N(c2cc3ccccc3c3ccccc23)c2cccc3c2sc2ccc(Nc4ccc(-c5cccc6ccccc56)cc4)cc23)cc1. The molecular weight excluding hydrogens is 1820 g/mol. The minimum Gasteiger partial charge on any atom is -0.356 e. The molecule has 0 bridgehead atoms. The molecule has 694 valence electrons. The highest BCUT2D eigenvalue weighted by Crippen LogP contribution is 2.54. The van der Waals surface area contributed by atoms with Gasteiger partial charge in [-0.2, -0.15) is 0 Å². The first kappa shape index (κ1) is 90.1. The molecule has 1 aliphatic carbocycles. The van der Waals surface area contributed by atoms with E-state index in [0.29, 0.717) is 0 Å². The minimum atomic E-state index is -1.38. The number of anilines is 15. The topological polar surface area (TPSA) is 45.8 Å². The summed E-state index contributed by atoms with van der Waals surface area (Å²) in [5.74, 6) is 0. The standard InChI is InChI=1S/C48H32N2S.C47H40N2S.C39H34N2SSi/c1-2-15-37(16-3-1)50(46-30-34-13-5-7-18-40(34)41-19-8-9-20-42(41)46)45-23-11-22-43-44-31-36(28-29-47(44)51-48(43)45)49-35-26-24-33(25-27-35)39-21-10-14-32-12-4-6-17-38(32)39;1-46(2,3)31-14-11-15-33(26-31)49(34-21-23-38-37-17-8-9-18-41(37)47(4,5)42(38)28-34)35-22-24-39-40-27-32(20-25-44(40)50-45(39)29-35)48-43-19-10-13-30-12-6-7-16-36(30)43;1-43(2,3)35-21-18-33(19-22-35)41(32-15-8-5-9-16-32)34-20-23-36-37-26-31(17-24-38(37)42-39(36)27-34)40-30-14-10-13-29(25-30)28-11-6-4-7-12-28/h1-31,49H;6-29,48H,1-5H3;4-27,40H,1-3H3. The number of para-hydroxylation sites is 2. The van der Waals surface area contributed by atoms with Crippen LogP contribution in [0, 0.1) is 0 Å². The van der Waals surface area contributed by atoms with Crippen LogP contribution in [0.1, 0.15) is 51.3 Å². The van der Waals surface area contributed by atoms with Gasteiger partial charge in [0.05, 0.1) is 24.1 Å². The van der Waals surface area contributed by atoms with Gasteiger partial charge < -0.3 is 30.7 Å². The second-order valence-corrected chi connectivity index (χ2v) is 48.5.